The zero-order chi connectivity index (χ0) is 27.9. The summed E-state index contributed by atoms with van der Waals surface area (Å²) in [7, 11) is 0. The van der Waals surface area contributed by atoms with Gasteiger partial charge in [0.25, 0.3) is 0 Å². The minimum absolute atomic E-state index is 0.00474. The van der Waals surface area contributed by atoms with Gasteiger partial charge in [0.2, 0.25) is 5.91 Å². The Hall–Kier alpha value is -3.16. The maximum absolute atomic E-state index is 11.9. The number of H-pyrrole nitrogens is 1. The third-order valence-electron chi connectivity index (χ3n) is 7.61. The Bertz CT molecular complexity index is 1240. The van der Waals surface area contributed by atoms with Crippen molar-refractivity contribution in [3.8, 4) is 0 Å². The van der Waals surface area contributed by atoms with Gasteiger partial charge < -0.3 is 20.1 Å². The zero-order valence-corrected chi connectivity index (χ0v) is 23.7. The lowest BCUT2D eigenvalue weighted by molar-refractivity contribution is -0.148. The molecule has 0 radical (unpaired) electrons. The van der Waals surface area contributed by atoms with Gasteiger partial charge in [-0.15, -0.1) is 0 Å². The fraction of sp³-hybridized carbons (Fsp3) is 0.484. The van der Waals surface area contributed by atoms with Gasteiger partial charge in [0.15, 0.2) is 0 Å². The Morgan fingerprint density at radius 1 is 1.05 bits per heavy atom. The molecule has 2 aromatic carbocycles. The Kier molecular flexibility index (Phi) is 10.1. The first-order chi connectivity index (χ1) is 18.2. The van der Waals surface area contributed by atoms with Crippen LogP contribution in [0, 0.1) is 13.8 Å². The third kappa shape index (κ3) is 6.45. The lowest BCUT2D eigenvalue weighted by Gasteiger charge is -2.35. The Balaban J connectivity index is 0.000000216. The molecule has 38 heavy (non-hydrogen) atoms. The SMILES string of the molecule is CCN(CC)CC(=O)Nc1c(C)cccc1C.CCc1cccc2c3c([nH]c12)C(CC)(CC(=O)O)OCC3. The molecule has 1 aliphatic heterocycles. The molecule has 3 N–H and O–H groups in total. The number of benzene rings is 2. The summed E-state index contributed by atoms with van der Waals surface area (Å²) in [6.07, 6.45) is 2.45. The van der Waals surface area contributed by atoms with Crippen LogP contribution in [-0.4, -0.2) is 53.1 Å². The van der Waals surface area contributed by atoms with Gasteiger partial charge in [-0.1, -0.05) is 64.1 Å². The van der Waals surface area contributed by atoms with Gasteiger partial charge in [0.1, 0.15) is 5.60 Å². The van der Waals surface area contributed by atoms with Crippen molar-refractivity contribution >= 4 is 28.5 Å². The van der Waals surface area contributed by atoms with Gasteiger partial charge in [-0.25, -0.2) is 0 Å². The van der Waals surface area contributed by atoms with E-state index in [1.165, 1.54) is 16.5 Å². The Labute approximate surface area is 226 Å². The smallest absolute Gasteiger partial charge is 0.306 e. The highest BCUT2D eigenvalue weighted by atomic mass is 16.5. The molecule has 7 heteroatoms. The van der Waals surface area contributed by atoms with Gasteiger partial charge >= 0.3 is 5.97 Å². The lowest BCUT2D eigenvalue weighted by Crippen LogP contribution is -2.37. The number of aliphatic carboxylic acids is 1. The van der Waals surface area contributed by atoms with E-state index in [2.05, 4.69) is 54.2 Å². The molecule has 1 aliphatic rings. The minimum Gasteiger partial charge on any atom is -0.481 e. The summed E-state index contributed by atoms with van der Waals surface area (Å²) >= 11 is 0. The van der Waals surface area contributed by atoms with Gasteiger partial charge in [0.05, 0.1) is 25.3 Å². The Morgan fingerprint density at radius 2 is 1.71 bits per heavy atom. The number of aromatic amines is 1. The molecule has 0 fully saturated rings. The van der Waals surface area contributed by atoms with E-state index in [0.29, 0.717) is 19.6 Å². The number of amides is 1. The topological polar surface area (TPSA) is 94.7 Å². The first-order valence-corrected chi connectivity index (χ1v) is 13.8. The fourth-order valence-corrected chi connectivity index (χ4v) is 5.33. The van der Waals surface area contributed by atoms with Crippen molar-refractivity contribution in [3.05, 3.63) is 64.3 Å². The maximum atomic E-state index is 11.9. The zero-order valence-electron chi connectivity index (χ0n) is 23.7. The van der Waals surface area contributed by atoms with Crippen LogP contribution in [-0.2, 0) is 32.8 Å². The summed E-state index contributed by atoms with van der Waals surface area (Å²) in [5.41, 5.74) is 7.05. The largest absolute Gasteiger partial charge is 0.481 e. The van der Waals surface area contributed by atoms with Crippen LogP contribution in [0.2, 0.25) is 0 Å². The molecule has 2 heterocycles. The number of carbonyl (C=O) groups excluding carboxylic acids is 1. The standard InChI is InChI=1S/C17H21NO3.C14H22N2O/c1-3-11-6-5-7-12-13-8-9-21-17(4-2,10-14(19)20)16(13)18-15(11)12;1-5-16(6-2)10-13(17)15-14-11(3)8-7-9-12(14)4/h5-7,18H,3-4,8-10H2,1-2H3,(H,19,20);7-9H,5-6,10H2,1-4H3,(H,15,17). The number of likely N-dealkylation sites (N-methyl/N-ethyl adjacent to an activating group) is 1. The van der Waals surface area contributed by atoms with Gasteiger partial charge in [-0.05, 0) is 68.5 Å². The quantitative estimate of drug-likeness (QED) is 0.323. The van der Waals surface area contributed by atoms with Gasteiger partial charge in [-0.3, -0.25) is 14.5 Å². The molecule has 0 saturated carbocycles. The summed E-state index contributed by atoms with van der Waals surface area (Å²) in [6, 6.07) is 12.4. The van der Waals surface area contributed by atoms with Crippen LogP contribution in [0.5, 0.6) is 0 Å². The molecule has 1 aromatic heterocycles. The van der Waals surface area contributed by atoms with E-state index in [1.54, 1.807) is 0 Å². The average Bonchev–Trinajstić information content (AvgIpc) is 3.30. The molecular formula is C31H43N3O4. The van der Waals surface area contributed by atoms with E-state index >= 15 is 0 Å². The number of carboxylic acids is 1. The number of carboxylic acid groups (broad SMARTS) is 1. The van der Waals surface area contributed by atoms with Crippen molar-refractivity contribution in [3.63, 3.8) is 0 Å². The van der Waals surface area contributed by atoms with E-state index in [4.69, 9.17) is 4.74 Å². The molecule has 3 aromatic rings. The summed E-state index contributed by atoms with van der Waals surface area (Å²) in [5.74, 6) is -0.759. The predicted octanol–water partition coefficient (Wildman–Crippen LogP) is 5.97. The number of hydrogen-bond donors (Lipinski definition) is 3. The highest BCUT2D eigenvalue weighted by Crippen LogP contribution is 2.42. The number of rotatable bonds is 9. The number of anilines is 1. The molecule has 0 bridgehead atoms. The van der Waals surface area contributed by atoms with Crippen LogP contribution >= 0.6 is 0 Å². The van der Waals surface area contributed by atoms with Crippen LogP contribution < -0.4 is 5.32 Å². The van der Waals surface area contributed by atoms with E-state index in [-0.39, 0.29) is 12.3 Å². The Morgan fingerprint density at radius 3 is 2.29 bits per heavy atom. The van der Waals surface area contributed by atoms with Crippen molar-refractivity contribution in [1.82, 2.24) is 9.88 Å². The van der Waals surface area contributed by atoms with Crippen LogP contribution in [0.3, 0.4) is 0 Å². The summed E-state index contributed by atoms with van der Waals surface area (Å²) in [4.78, 5) is 28.8. The van der Waals surface area contributed by atoms with Crippen LogP contribution in [0.4, 0.5) is 5.69 Å². The van der Waals surface area contributed by atoms with E-state index in [1.807, 2.05) is 39.0 Å². The predicted molar refractivity (Wildman–Crippen MR) is 154 cm³/mol. The second-order valence-corrected chi connectivity index (χ2v) is 9.96. The van der Waals surface area contributed by atoms with Crippen LogP contribution in [0.25, 0.3) is 10.9 Å². The molecule has 0 spiro atoms. The monoisotopic (exact) mass is 521 g/mol. The van der Waals surface area contributed by atoms with Crippen molar-refractivity contribution in [2.75, 3.05) is 31.6 Å². The lowest BCUT2D eigenvalue weighted by atomic mass is 9.86. The van der Waals surface area contributed by atoms with Crippen molar-refractivity contribution in [1.29, 1.82) is 0 Å². The number of aryl methyl sites for hydroxylation is 3. The van der Waals surface area contributed by atoms with E-state index < -0.39 is 11.6 Å². The molecule has 0 saturated heterocycles. The molecule has 1 amide bonds. The second kappa shape index (κ2) is 13.1. The highest BCUT2D eigenvalue weighted by molar-refractivity contribution is 5.93. The molecule has 0 aliphatic carbocycles. The number of carbonyl (C=O) groups is 2. The van der Waals surface area contributed by atoms with Crippen molar-refractivity contribution in [2.45, 2.75) is 72.8 Å². The molecular weight excluding hydrogens is 478 g/mol. The normalized spacial score (nSPS) is 16.6. The van der Waals surface area contributed by atoms with E-state index in [0.717, 1.165) is 54.0 Å². The minimum atomic E-state index is -0.820. The first-order valence-electron chi connectivity index (χ1n) is 13.8. The molecule has 206 valence electrons. The maximum Gasteiger partial charge on any atom is 0.306 e. The summed E-state index contributed by atoms with van der Waals surface area (Å²) < 4.78 is 5.94. The number of aromatic nitrogens is 1. The molecule has 4 rings (SSSR count). The van der Waals surface area contributed by atoms with Gasteiger partial charge in [0, 0.05) is 16.6 Å². The molecule has 1 atom stereocenters. The third-order valence-corrected chi connectivity index (χ3v) is 7.61. The van der Waals surface area contributed by atoms with Crippen LogP contribution in [0.1, 0.15) is 68.5 Å². The van der Waals surface area contributed by atoms with Gasteiger partial charge in [-0.2, -0.15) is 0 Å². The number of hydrogen-bond acceptors (Lipinski definition) is 4. The highest BCUT2D eigenvalue weighted by Gasteiger charge is 2.40. The molecule has 1 unspecified atom stereocenters. The molecule has 7 nitrogen and oxygen atoms in total. The average molecular weight is 522 g/mol. The number of fused-ring (bicyclic) bond motifs is 3. The number of ether oxygens (including phenoxy) is 1. The summed E-state index contributed by atoms with van der Waals surface area (Å²) in [5, 5.41) is 13.5. The van der Waals surface area contributed by atoms with E-state index in [9.17, 15) is 14.7 Å². The summed E-state index contributed by atoms with van der Waals surface area (Å²) in [6.45, 7) is 15.1. The second-order valence-electron chi connectivity index (χ2n) is 9.96. The number of nitrogens with one attached hydrogen (secondary N) is 2. The fourth-order valence-electron chi connectivity index (χ4n) is 5.33. The number of nitrogens with zero attached hydrogens (tertiary/aromatic N) is 1. The number of para-hydroxylation sites is 2. The van der Waals surface area contributed by atoms with Crippen molar-refractivity contribution < 1.29 is 19.4 Å². The van der Waals surface area contributed by atoms with Crippen LogP contribution in [0.15, 0.2) is 36.4 Å². The van der Waals surface area contributed by atoms with Crippen molar-refractivity contribution in [2.24, 2.45) is 0 Å². The first kappa shape index (κ1) is 29.4.